The first-order valence-electron chi connectivity index (χ1n) is 11.8. The summed E-state index contributed by atoms with van der Waals surface area (Å²) in [6.45, 7) is -0.300. The molecule has 1 N–H and O–H groups in total. The third-order valence-corrected chi connectivity index (χ3v) is 6.88. The molecule has 0 bridgehead atoms. The number of carboxylic acids is 1. The molecule has 1 heterocycles. The minimum absolute atomic E-state index is 0.0349. The Hall–Kier alpha value is -4.06. The molecule has 1 saturated carbocycles. The Bertz CT molecular complexity index is 1560. The van der Waals surface area contributed by atoms with Gasteiger partial charge in [0.05, 0.1) is 28.2 Å². The van der Waals surface area contributed by atoms with E-state index in [0.29, 0.717) is 34.1 Å². The van der Waals surface area contributed by atoms with E-state index in [1.54, 1.807) is 29.8 Å². The second-order valence-electron chi connectivity index (χ2n) is 9.34. The van der Waals surface area contributed by atoms with E-state index in [9.17, 15) is 37.5 Å². The Balaban J connectivity index is 1.67. The van der Waals surface area contributed by atoms with Crippen molar-refractivity contribution in [2.24, 2.45) is 13.0 Å². The summed E-state index contributed by atoms with van der Waals surface area (Å²) in [4.78, 5) is 51.1. The second-order valence-corrected chi connectivity index (χ2v) is 9.74. The van der Waals surface area contributed by atoms with Gasteiger partial charge >= 0.3 is 17.8 Å². The van der Waals surface area contributed by atoms with Crippen LogP contribution < -0.4 is 10.6 Å². The molecule has 2 amide bonds. The zero-order chi connectivity index (χ0) is 28.6. The third kappa shape index (κ3) is 5.70. The highest BCUT2D eigenvalue weighted by atomic mass is 35.5. The number of fused-ring (bicyclic) bond motifs is 1. The first-order chi connectivity index (χ1) is 18.3. The number of hydrogen-bond donors (Lipinski definition) is 1. The van der Waals surface area contributed by atoms with Gasteiger partial charge in [-0.05, 0) is 48.6 Å². The number of benzene rings is 2. The molecule has 3 aromatic rings. The molecule has 1 aliphatic carbocycles. The average Bonchev–Trinajstić information content (AvgIpc) is 3.67. The molecule has 2 aromatic carbocycles. The van der Waals surface area contributed by atoms with E-state index >= 15 is 0 Å². The largest absolute Gasteiger partial charge is 0.477 e. The number of aryl methyl sites for hydroxylation is 1. The fraction of sp³-hybridized carbons (Fsp3) is 0.308. The van der Waals surface area contributed by atoms with Crippen LogP contribution in [0.3, 0.4) is 0 Å². The fourth-order valence-corrected chi connectivity index (χ4v) is 4.64. The number of rotatable bonds is 9. The summed E-state index contributed by atoms with van der Waals surface area (Å²) in [5, 5.41) is 9.11. The molecule has 0 saturated heterocycles. The van der Waals surface area contributed by atoms with Gasteiger partial charge in [0.15, 0.2) is 0 Å². The Labute approximate surface area is 225 Å². The van der Waals surface area contributed by atoms with Crippen LogP contribution in [0.2, 0.25) is 5.02 Å². The van der Waals surface area contributed by atoms with Gasteiger partial charge in [-0.3, -0.25) is 23.6 Å². The predicted molar refractivity (Wildman–Crippen MR) is 137 cm³/mol. The highest BCUT2D eigenvalue weighted by Crippen LogP contribution is 2.37. The lowest BCUT2D eigenvalue weighted by Gasteiger charge is -2.21. The van der Waals surface area contributed by atoms with Crippen LogP contribution in [0.1, 0.15) is 24.0 Å². The van der Waals surface area contributed by atoms with Gasteiger partial charge in [-0.2, -0.15) is 13.2 Å². The summed E-state index contributed by atoms with van der Waals surface area (Å²) in [6, 6.07) is 8.29. The molecule has 13 heteroatoms. The number of aliphatic carboxylic acids is 1. The number of imidazole rings is 1. The second kappa shape index (κ2) is 10.6. The number of halogens is 4. The van der Waals surface area contributed by atoms with E-state index < -0.39 is 46.3 Å². The van der Waals surface area contributed by atoms with Gasteiger partial charge in [-0.25, -0.2) is 9.59 Å². The van der Waals surface area contributed by atoms with Crippen LogP contribution in [0, 0.1) is 5.92 Å². The summed E-state index contributed by atoms with van der Waals surface area (Å²) in [6.07, 6.45) is -1.87. The van der Waals surface area contributed by atoms with Gasteiger partial charge in [0.2, 0.25) is 6.41 Å². The molecule has 0 spiro atoms. The summed E-state index contributed by atoms with van der Waals surface area (Å²) in [5.74, 6) is -2.59. The van der Waals surface area contributed by atoms with Crippen molar-refractivity contribution in [1.29, 1.82) is 0 Å². The van der Waals surface area contributed by atoms with Crippen molar-refractivity contribution in [3.63, 3.8) is 0 Å². The van der Waals surface area contributed by atoms with Crippen LogP contribution in [-0.2, 0) is 40.7 Å². The maximum atomic E-state index is 13.5. The first kappa shape index (κ1) is 28.0. The Morgan fingerprint density at radius 1 is 1.18 bits per heavy atom. The van der Waals surface area contributed by atoms with Crippen LogP contribution in [0.25, 0.3) is 11.0 Å². The number of alkyl halides is 3. The number of hydrogen-bond acceptors (Lipinski definition) is 5. The molecule has 0 radical (unpaired) electrons. The predicted octanol–water partition coefficient (Wildman–Crippen LogP) is 4.01. The molecular weight excluding hydrogens is 541 g/mol. The lowest BCUT2D eigenvalue weighted by molar-refractivity contribution is -0.143. The summed E-state index contributed by atoms with van der Waals surface area (Å²) in [5.41, 5.74) is -1.00. The minimum atomic E-state index is -4.87. The highest BCUT2D eigenvalue weighted by molar-refractivity contribution is 6.31. The van der Waals surface area contributed by atoms with Crippen molar-refractivity contribution in [1.82, 2.24) is 14.0 Å². The van der Waals surface area contributed by atoms with E-state index in [2.05, 4.69) is 0 Å². The molecular formula is C26H24ClF3N4O5. The van der Waals surface area contributed by atoms with Gasteiger partial charge in [-0.15, -0.1) is 0 Å². The molecule has 0 unspecified atom stereocenters. The molecule has 206 valence electrons. The number of aromatic nitrogens is 2. The zero-order valence-corrected chi connectivity index (χ0v) is 21.7. The summed E-state index contributed by atoms with van der Waals surface area (Å²) in [7, 11) is 3.12. The number of imide groups is 1. The third-order valence-electron chi connectivity index (χ3n) is 6.57. The van der Waals surface area contributed by atoms with Crippen LogP contribution >= 0.6 is 11.6 Å². The summed E-state index contributed by atoms with van der Waals surface area (Å²) >= 11 is 5.72. The normalized spacial score (nSPS) is 13.9. The molecule has 0 atom stereocenters. The van der Waals surface area contributed by atoms with Crippen LogP contribution in [-0.4, -0.2) is 44.5 Å². The number of carbonyl (C=O) groups is 3. The fourth-order valence-electron chi connectivity index (χ4n) is 4.34. The Morgan fingerprint density at radius 3 is 2.46 bits per heavy atom. The van der Waals surface area contributed by atoms with E-state index in [1.807, 2.05) is 0 Å². The topological polar surface area (TPSA) is 105 Å². The maximum absolute atomic E-state index is 13.5. The maximum Gasteiger partial charge on any atom is 0.418 e. The van der Waals surface area contributed by atoms with Crippen molar-refractivity contribution < 1.29 is 32.7 Å². The van der Waals surface area contributed by atoms with Crippen LogP contribution in [0.5, 0.6) is 0 Å². The number of anilines is 1. The number of amides is 2. The van der Waals surface area contributed by atoms with Crippen molar-refractivity contribution in [2.45, 2.75) is 32.1 Å². The highest BCUT2D eigenvalue weighted by Gasteiger charge is 2.37. The lowest BCUT2D eigenvalue weighted by atomic mass is 10.1. The van der Waals surface area contributed by atoms with Gasteiger partial charge < -0.3 is 10.0 Å². The lowest BCUT2D eigenvalue weighted by Crippen LogP contribution is -2.34. The van der Waals surface area contributed by atoms with Crippen molar-refractivity contribution >= 4 is 46.6 Å². The van der Waals surface area contributed by atoms with E-state index in [4.69, 9.17) is 11.6 Å². The van der Waals surface area contributed by atoms with Gasteiger partial charge in [-0.1, -0.05) is 23.7 Å². The quantitative estimate of drug-likeness (QED) is 0.182. The van der Waals surface area contributed by atoms with E-state index in [1.165, 1.54) is 22.6 Å². The van der Waals surface area contributed by atoms with Crippen LogP contribution in [0.4, 0.5) is 18.9 Å². The monoisotopic (exact) mass is 564 g/mol. The smallest absolute Gasteiger partial charge is 0.418 e. The molecule has 1 fully saturated rings. The van der Waals surface area contributed by atoms with E-state index in [-0.39, 0.29) is 12.1 Å². The standard InChI is InChI=1S/C26H24ClF3N4O5/c1-31(17-8-9-20-21(10-17)34(11-15-6-7-15)25(39)32(20)2)13-18(24(37)38)23(36)33(14-35)12-16-4-3-5-19(27)22(16)26(28,29)30/h3-5,8-10,13-15H,6-7,11-12H2,1-2H3,(H,37,38)/b18-13+. The number of carboxylic acid groups (broad SMARTS) is 1. The minimum Gasteiger partial charge on any atom is -0.477 e. The molecule has 39 heavy (non-hydrogen) atoms. The molecule has 9 nitrogen and oxygen atoms in total. The van der Waals surface area contributed by atoms with Gasteiger partial charge in [0, 0.05) is 32.5 Å². The Morgan fingerprint density at radius 2 is 1.87 bits per heavy atom. The van der Waals surface area contributed by atoms with Crippen molar-refractivity contribution in [3.05, 3.63) is 74.8 Å². The SMILES string of the molecule is CN(/C=C(/C(=O)O)C(=O)N(C=O)Cc1cccc(Cl)c1C(F)(F)F)c1ccc2c(c1)n(CC1CC1)c(=O)n2C. The first-order valence-corrected chi connectivity index (χ1v) is 12.2. The molecule has 4 rings (SSSR count). The average molecular weight is 565 g/mol. The zero-order valence-electron chi connectivity index (χ0n) is 20.9. The number of carbonyl (C=O) groups excluding carboxylic acids is 2. The molecule has 0 aliphatic heterocycles. The van der Waals surface area contributed by atoms with Crippen molar-refractivity contribution in [3.8, 4) is 0 Å². The van der Waals surface area contributed by atoms with Gasteiger partial charge in [0.1, 0.15) is 5.57 Å². The van der Waals surface area contributed by atoms with E-state index in [0.717, 1.165) is 31.2 Å². The molecule has 1 aliphatic rings. The van der Waals surface area contributed by atoms with Crippen LogP contribution in [0.15, 0.2) is 53.0 Å². The molecule has 1 aromatic heterocycles. The Kier molecular flexibility index (Phi) is 7.60. The number of nitrogens with zero attached hydrogens (tertiary/aromatic N) is 4. The van der Waals surface area contributed by atoms with Crippen molar-refractivity contribution in [2.75, 3.05) is 11.9 Å². The summed E-state index contributed by atoms with van der Waals surface area (Å²) < 4.78 is 43.8. The van der Waals surface area contributed by atoms with Gasteiger partial charge in [0.25, 0.3) is 5.91 Å².